The zero-order valence-corrected chi connectivity index (χ0v) is 13.9. The molecule has 7 nitrogen and oxygen atoms in total. The molecule has 0 aliphatic rings. The minimum atomic E-state index is -0.437. The van der Waals surface area contributed by atoms with Gasteiger partial charge in [-0.1, -0.05) is 18.2 Å². The molecule has 128 valence electrons. The summed E-state index contributed by atoms with van der Waals surface area (Å²) in [5.41, 5.74) is 1.75. The summed E-state index contributed by atoms with van der Waals surface area (Å²) in [5, 5.41) is 14.8. The Labute approximate surface area is 150 Å². The highest BCUT2D eigenvalue weighted by Gasteiger charge is 2.11. The van der Waals surface area contributed by atoms with Gasteiger partial charge in [0.25, 0.3) is 5.91 Å². The molecule has 26 heavy (non-hydrogen) atoms. The van der Waals surface area contributed by atoms with E-state index in [0.29, 0.717) is 17.1 Å². The van der Waals surface area contributed by atoms with Crippen LogP contribution < -0.4 is 15.4 Å². The molecule has 0 spiro atoms. The van der Waals surface area contributed by atoms with Crippen LogP contribution in [0.15, 0.2) is 60.9 Å². The van der Waals surface area contributed by atoms with Crippen LogP contribution in [0.2, 0.25) is 0 Å². The van der Waals surface area contributed by atoms with Crippen LogP contribution >= 0.6 is 0 Å². The molecule has 1 heterocycles. The highest BCUT2D eigenvalue weighted by molar-refractivity contribution is 6.03. The van der Waals surface area contributed by atoms with Crippen LogP contribution in [0, 0.1) is 11.3 Å². The summed E-state index contributed by atoms with van der Waals surface area (Å²) in [4.78, 5) is 20.6. The number of nitriles is 1. The van der Waals surface area contributed by atoms with Crippen LogP contribution in [0.3, 0.4) is 0 Å². The number of ether oxygens (including phenoxy) is 1. The number of benzene rings is 2. The number of amides is 1. The van der Waals surface area contributed by atoms with Crippen LogP contribution in [0.5, 0.6) is 5.75 Å². The summed E-state index contributed by atoms with van der Waals surface area (Å²) in [6, 6.07) is 16.2. The van der Waals surface area contributed by atoms with Crippen molar-refractivity contribution in [1.29, 1.82) is 5.26 Å². The monoisotopic (exact) mass is 345 g/mol. The van der Waals surface area contributed by atoms with E-state index < -0.39 is 5.91 Å². The van der Waals surface area contributed by atoms with Gasteiger partial charge in [-0.15, -0.1) is 0 Å². The second-order valence-corrected chi connectivity index (χ2v) is 5.26. The summed E-state index contributed by atoms with van der Waals surface area (Å²) in [5.74, 6) is 0.774. The maximum absolute atomic E-state index is 12.3. The van der Waals surface area contributed by atoms with Crippen molar-refractivity contribution < 1.29 is 9.53 Å². The molecule has 0 aliphatic heterocycles. The van der Waals surface area contributed by atoms with E-state index in [0.717, 1.165) is 11.4 Å². The predicted molar refractivity (Wildman–Crippen MR) is 97.4 cm³/mol. The Kier molecular flexibility index (Phi) is 5.05. The van der Waals surface area contributed by atoms with Gasteiger partial charge in [-0.3, -0.25) is 4.79 Å². The normalized spacial score (nSPS) is 9.85. The van der Waals surface area contributed by atoms with E-state index in [1.54, 1.807) is 31.4 Å². The van der Waals surface area contributed by atoms with Crippen molar-refractivity contribution in [3.8, 4) is 11.8 Å². The summed E-state index contributed by atoms with van der Waals surface area (Å²) in [7, 11) is 1.59. The molecule has 0 radical (unpaired) electrons. The molecule has 0 atom stereocenters. The van der Waals surface area contributed by atoms with Crippen molar-refractivity contribution in [2.45, 2.75) is 0 Å². The third kappa shape index (κ3) is 3.94. The molecule has 0 aliphatic carbocycles. The van der Waals surface area contributed by atoms with Gasteiger partial charge in [0.05, 0.1) is 30.8 Å². The van der Waals surface area contributed by atoms with Crippen molar-refractivity contribution in [3.05, 3.63) is 72.2 Å². The zero-order chi connectivity index (χ0) is 18.4. The fraction of sp³-hybridized carbons (Fsp3) is 0.0526. The van der Waals surface area contributed by atoms with Gasteiger partial charge >= 0.3 is 0 Å². The lowest BCUT2D eigenvalue weighted by molar-refractivity contribution is 0.102. The standard InChI is InChI=1S/C19H15N5O2/c1-26-15-7-4-6-14(9-15)23-18-12-21-17(11-22-18)19(25)24-16-8-3-2-5-13(16)10-20/h2-9,11-12H,1H3,(H,22,23)(H,24,25). The van der Waals surface area contributed by atoms with Crippen molar-refractivity contribution in [2.24, 2.45) is 0 Å². The minimum absolute atomic E-state index is 0.147. The Bertz CT molecular complexity index is 964. The average molecular weight is 345 g/mol. The predicted octanol–water partition coefficient (Wildman–Crippen LogP) is 3.35. The number of aromatic nitrogens is 2. The number of carbonyl (C=O) groups is 1. The third-order valence-electron chi connectivity index (χ3n) is 3.52. The Morgan fingerprint density at radius 2 is 1.96 bits per heavy atom. The highest BCUT2D eigenvalue weighted by atomic mass is 16.5. The topological polar surface area (TPSA) is 99.9 Å². The molecule has 0 bridgehead atoms. The fourth-order valence-corrected chi connectivity index (χ4v) is 2.23. The fourth-order valence-electron chi connectivity index (χ4n) is 2.23. The number of hydrogen-bond acceptors (Lipinski definition) is 6. The molecule has 3 aromatic rings. The van der Waals surface area contributed by atoms with E-state index in [4.69, 9.17) is 10.00 Å². The number of anilines is 3. The van der Waals surface area contributed by atoms with E-state index in [2.05, 4.69) is 20.6 Å². The maximum atomic E-state index is 12.3. The van der Waals surface area contributed by atoms with E-state index in [9.17, 15) is 4.79 Å². The minimum Gasteiger partial charge on any atom is -0.497 e. The molecular weight excluding hydrogens is 330 g/mol. The molecule has 0 unspecified atom stereocenters. The van der Waals surface area contributed by atoms with E-state index in [1.165, 1.54) is 12.4 Å². The highest BCUT2D eigenvalue weighted by Crippen LogP contribution is 2.20. The van der Waals surface area contributed by atoms with Crippen LogP contribution in [0.1, 0.15) is 16.1 Å². The quantitative estimate of drug-likeness (QED) is 0.735. The Hall–Kier alpha value is -3.92. The summed E-state index contributed by atoms with van der Waals surface area (Å²) < 4.78 is 5.17. The van der Waals surface area contributed by atoms with E-state index >= 15 is 0 Å². The molecule has 1 amide bonds. The van der Waals surface area contributed by atoms with Crippen molar-refractivity contribution >= 4 is 23.1 Å². The maximum Gasteiger partial charge on any atom is 0.275 e. The van der Waals surface area contributed by atoms with Crippen molar-refractivity contribution in [3.63, 3.8) is 0 Å². The Morgan fingerprint density at radius 1 is 1.12 bits per heavy atom. The molecule has 1 aromatic heterocycles. The van der Waals surface area contributed by atoms with Crippen LogP contribution in [0.4, 0.5) is 17.2 Å². The van der Waals surface area contributed by atoms with Gasteiger partial charge in [-0.2, -0.15) is 5.26 Å². The lowest BCUT2D eigenvalue weighted by Gasteiger charge is -2.08. The van der Waals surface area contributed by atoms with Crippen molar-refractivity contribution in [2.75, 3.05) is 17.7 Å². The number of methoxy groups -OCH3 is 1. The van der Waals surface area contributed by atoms with Gasteiger partial charge < -0.3 is 15.4 Å². The number of nitrogens with zero attached hydrogens (tertiary/aromatic N) is 3. The first-order valence-electron chi connectivity index (χ1n) is 7.73. The zero-order valence-electron chi connectivity index (χ0n) is 13.9. The summed E-state index contributed by atoms with van der Waals surface area (Å²) in [6.07, 6.45) is 2.83. The number of para-hydroxylation sites is 1. The summed E-state index contributed by atoms with van der Waals surface area (Å²) in [6.45, 7) is 0. The lowest BCUT2D eigenvalue weighted by atomic mass is 10.2. The Balaban J connectivity index is 1.70. The molecule has 7 heteroatoms. The average Bonchev–Trinajstić information content (AvgIpc) is 2.69. The van der Waals surface area contributed by atoms with Gasteiger partial charge in [0.2, 0.25) is 0 Å². The second kappa shape index (κ2) is 7.77. The van der Waals surface area contributed by atoms with Gasteiger partial charge in [-0.05, 0) is 24.3 Å². The second-order valence-electron chi connectivity index (χ2n) is 5.26. The summed E-state index contributed by atoms with van der Waals surface area (Å²) >= 11 is 0. The molecule has 2 N–H and O–H groups in total. The third-order valence-corrected chi connectivity index (χ3v) is 3.52. The molecule has 0 saturated heterocycles. The number of carbonyl (C=O) groups excluding carboxylic acids is 1. The van der Waals surface area contributed by atoms with Gasteiger partial charge in [0.15, 0.2) is 0 Å². The molecule has 3 rings (SSSR count). The number of nitrogens with one attached hydrogen (secondary N) is 2. The molecule has 0 fully saturated rings. The van der Waals surface area contributed by atoms with E-state index in [-0.39, 0.29) is 5.69 Å². The number of rotatable bonds is 5. The van der Waals surface area contributed by atoms with Crippen LogP contribution in [0.25, 0.3) is 0 Å². The first-order valence-corrected chi connectivity index (χ1v) is 7.73. The molecule has 2 aromatic carbocycles. The van der Waals surface area contributed by atoms with Gasteiger partial charge in [-0.25, -0.2) is 9.97 Å². The smallest absolute Gasteiger partial charge is 0.275 e. The first-order chi connectivity index (χ1) is 12.7. The van der Waals surface area contributed by atoms with Gasteiger partial charge in [0.1, 0.15) is 23.3 Å². The van der Waals surface area contributed by atoms with Gasteiger partial charge in [0, 0.05) is 11.8 Å². The lowest BCUT2D eigenvalue weighted by Crippen LogP contribution is -2.15. The largest absolute Gasteiger partial charge is 0.497 e. The molecule has 0 saturated carbocycles. The molecular formula is C19H15N5O2. The SMILES string of the molecule is COc1cccc(Nc2cnc(C(=O)Nc3ccccc3C#N)cn2)c1. The first kappa shape index (κ1) is 16.9. The van der Waals surface area contributed by atoms with E-state index in [1.807, 2.05) is 30.3 Å². The Morgan fingerprint density at radius 3 is 2.69 bits per heavy atom. The van der Waals surface area contributed by atoms with Crippen molar-refractivity contribution in [1.82, 2.24) is 9.97 Å². The van der Waals surface area contributed by atoms with Crippen LogP contribution in [-0.2, 0) is 0 Å². The number of hydrogen-bond donors (Lipinski definition) is 2. The van der Waals surface area contributed by atoms with Crippen LogP contribution in [-0.4, -0.2) is 23.0 Å².